The predicted molar refractivity (Wildman–Crippen MR) is 64.6 cm³/mol. The largest absolute Gasteiger partial charge is 0.451 e. The third-order valence-electron chi connectivity index (χ3n) is 1.95. The number of aromatic nitrogens is 5. The number of thioether (sulfide) groups is 1. The maximum absolute atomic E-state index is 11.5. The average Bonchev–Trinajstić information content (AvgIpc) is 2.81. The Hall–Kier alpha value is -1.96. The van der Waals surface area contributed by atoms with Crippen molar-refractivity contribution >= 4 is 17.7 Å². The zero-order valence-corrected chi connectivity index (χ0v) is 10.5. The fraction of sp³-hybridized carbons (Fsp3) is 0.300. The summed E-state index contributed by atoms with van der Waals surface area (Å²) in [5.74, 6) is 1.02. The van der Waals surface area contributed by atoms with Gasteiger partial charge < -0.3 is 4.74 Å². The van der Waals surface area contributed by atoms with Gasteiger partial charge in [-0.3, -0.25) is 4.98 Å². The summed E-state index contributed by atoms with van der Waals surface area (Å²) < 4.78 is 5.06. The molecule has 0 fully saturated rings. The van der Waals surface area contributed by atoms with Gasteiger partial charge in [-0.15, -0.1) is 22.0 Å². The second-order valence-electron chi connectivity index (χ2n) is 3.33. The third kappa shape index (κ3) is 3.52. The number of hydrogen-bond donors (Lipinski definition) is 0. The fourth-order valence-electron chi connectivity index (χ4n) is 1.18. The number of esters is 1. The van der Waals surface area contributed by atoms with Crippen LogP contribution in [0.25, 0.3) is 0 Å². The van der Waals surface area contributed by atoms with Gasteiger partial charge in [-0.2, -0.15) is 4.80 Å². The molecule has 0 aliphatic rings. The van der Waals surface area contributed by atoms with E-state index < -0.39 is 0 Å². The van der Waals surface area contributed by atoms with Crippen LogP contribution in [0.2, 0.25) is 0 Å². The highest BCUT2D eigenvalue weighted by atomic mass is 32.2. The molecule has 0 unspecified atom stereocenters. The minimum atomic E-state index is -0.386. The van der Waals surface area contributed by atoms with Gasteiger partial charge in [0.05, 0.1) is 18.4 Å². The Morgan fingerprint density at radius 1 is 1.56 bits per heavy atom. The van der Waals surface area contributed by atoms with Crippen molar-refractivity contribution in [2.24, 2.45) is 7.05 Å². The summed E-state index contributed by atoms with van der Waals surface area (Å²) in [5.41, 5.74) is 0.440. The van der Waals surface area contributed by atoms with Gasteiger partial charge in [0.15, 0.2) is 5.82 Å². The maximum atomic E-state index is 11.5. The number of carbonyl (C=O) groups excluding carboxylic acids is 1. The lowest BCUT2D eigenvalue weighted by Gasteiger charge is -2.02. The first-order valence-corrected chi connectivity index (χ1v) is 6.29. The smallest absolute Gasteiger partial charge is 0.340 e. The second-order valence-corrected chi connectivity index (χ2v) is 4.27. The first kappa shape index (κ1) is 12.5. The van der Waals surface area contributed by atoms with E-state index in [1.54, 1.807) is 25.4 Å². The van der Waals surface area contributed by atoms with Crippen LogP contribution < -0.4 is 0 Å². The van der Waals surface area contributed by atoms with E-state index in [4.69, 9.17) is 4.74 Å². The summed E-state index contributed by atoms with van der Waals surface area (Å²) in [4.78, 5) is 16.8. The monoisotopic (exact) mass is 265 g/mol. The van der Waals surface area contributed by atoms with Gasteiger partial charge in [-0.1, -0.05) is 0 Å². The van der Waals surface area contributed by atoms with Crippen molar-refractivity contribution in [2.75, 3.05) is 5.94 Å². The molecule has 0 amide bonds. The number of rotatable bonds is 5. The molecular formula is C10H11N5O2S. The van der Waals surface area contributed by atoms with Crippen molar-refractivity contribution < 1.29 is 9.53 Å². The molecule has 2 heterocycles. The maximum Gasteiger partial charge on any atom is 0.340 e. The summed E-state index contributed by atoms with van der Waals surface area (Å²) in [6.07, 6.45) is 3.07. The molecule has 0 bridgehead atoms. The van der Waals surface area contributed by atoms with Gasteiger partial charge in [0.1, 0.15) is 5.94 Å². The van der Waals surface area contributed by atoms with Crippen molar-refractivity contribution in [3.05, 3.63) is 35.9 Å². The second kappa shape index (κ2) is 6.10. The van der Waals surface area contributed by atoms with Crippen LogP contribution in [0.5, 0.6) is 0 Å². The Bertz CT molecular complexity index is 516. The molecule has 2 aromatic heterocycles. The van der Waals surface area contributed by atoms with Crippen LogP contribution in [0.3, 0.4) is 0 Å². The van der Waals surface area contributed by atoms with Gasteiger partial charge in [0, 0.05) is 12.4 Å². The first-order valence-electron chi connectivity index (χ1n) is 5.13. The third-order valence-corrected chi connectivity index (χ3v) is 2.70. The Kier molecular flexibility index (Phi) is 4.24. The van der Waals surface area contributed by atoms with E-state index in [1.807, 2.05) is 0 Å². The van der Waals surface area contributed by atoms with Crippen molar-refractivity contribution in [2.45, 2.75) is 5.75 Å². The van der Waals surface area contributed by atoms with E-state index >= 15 is 0 Å². The standard InChI is InChI=1S/C10H11N5O2S/c1-15-13-9(12-14-15)6-18-7-17-10(16)8-3-2-4-11-5-8/h2-5H,6-7H2,1H3. The van der Waals surface area contributed by atoms with Crippen LogP contribution in [0, 0.1) is 0 Å². The molecule has 8 heteroatoms. The number of pyridine rings is 1. The molecule has 0 spiro atoms. The minimum Gasteiger partial charge on any atom is -0.451 e. The van der Waals surface area contributed by atoms with Gasteiger partial charge >= 0.3 is 5.97 Å². The summed E-state index contributed by atoms with van der Waals surface area (Å²) in [6.45, 7) is 0. The molecule has 0 radical (unpaired) electrons. The molecular weight excluding hydrogens is 254 g/mol. The number of aryl methyl sites for hydroxylation is 1. The van der Waals surface area contributed by atoms with Crippen molar-refractivity contribution in [3.63, 3.8) is 0 Å². The fourth-order valence-corrected chi connectivity index (χ4v) is 1.75. The lowest BCUT2D eigenvalue weighted by atomic mass is 10.3. The van der Waals surface area contributed by atoms with Crippen molar-refractivity contribution in [1.82, 2.24) is 25.2 Å². The van der Waals surface area contributed by atoms with Gasteiger partial charge in [0.2, 0.25) is 0 Å². The number of tetrazole rings is 1. The van der Waals surface area contributed by atoms with Crippen LogP contribution in [0.1, 0.15) is 16.2 Å². The first-order chi connectivity index (χ1) is 8.75. The Labute approximate surface area is 108 Å². The molecule has 2 rings (SSSR count). The molecule has 0 aromatic carbocycles. The van der Waals surface area contributed by atoms with E-state index in [0.717, 1.165) is 0 Å². The van der Waals surface area contributed by atoms with Crippen molar-refractivity contribution in [3.8, 4) is 0 Å². The molecule has 0 aliphatic carbocycles. The number of carbonyl (C=O) groups is 1. The van der Waals surface area contributed by atoms with E-state index in [9.17, 15) is 4.79 Å². The summed E-state index contributed by atoms with van der Waals surface area (Å²) in [7, 11) is 1.70. The lowest BCUT2D eigenvalue weighted by molar-refractivity contribution is 0.0578. The van der Waals surface area contributed by atoms with Crippen LogP contribution in [0.15, 0.2) is 24.5 Å². The van der Waals surface area contributed by atoms with Crippen LogP contribution in [-0.2, 0) is 17.5 Å². The van der Waals surface area contributed by atoms with Crippen LogP contribution in [-0.4, -0.2) is 37.1 Å². The Morgan fingerprint density at radius 2 is 2.44 bits per heavy atom. The highest BCUT2D eigenvalue weighted by Gasteiger charge is 2.07. The Balaban J connectivity index is 1.71. The molecule has 94 valence electrons. The van der Waals surface area contributed by atoms with Gasteiger partial charge in [0.25, 0.3) is 0 Å². The van der Waals surface area contributed by atoms with E-state index in [1.165, 1.54) is 22.8 Å². The Morgan fingerprint density at radius 3 is 3.11 bits per heavy atom. The molecule has 0 saturated heterocycles. The molecule has 2 aromatic rings. The molecule has 0 saturated carbocycles. The van der Waals surface area contributed by atoms with E-state index in [0.29, 0.717) is 17.1 Å². The number of nitrogens with zero attached hydrogens (tertiary/aromatic N) is 5. The normalized spacial score (nSPS) is 10.3. The zero-order chi connectivity index (χ0) is 12.8. The van der Waals surface area contributed by atoms with E-state index in [-0.39, 0.29) is 11.9 Å². The molecule has 18 heavy (non-hydrogen) atoms. The van der Waals surface area contributed by atoms with Crippen LogP contribution in [0.4, 0.5) is 0 Å². The number of hydrogen-bond acceptors (Lipinski definition) is 7. The number of ether oxygens (including phenoxy) is 1. The van der Waals surface area contributed by atoms with Gasteiger partial charge in [-0.25, -0.2) is 4.79 Å². The molecule has 0 N–H and O–H groups in total. The molecule has 0 aliphatic heterocycles. The van der Waals surface area contributed by atoms with Crippen molar-refractivity contribution in [1.29, 1.82) is 0 Å². The lowest BCUT2D eigenvalue weighted by Crippen LogP contribution is -2.05. The van der Waals surface area contributed by atoms with Crippen LogP contribution >= 0.6 is 11.8 Å². The topological polar surface area (TPSA) is 82.8 Å². The minimum absolute atomic E-state index is 0.242. The summed E-state index contributed by atoms with van der Waals surface area (Å²) in [5, 5.41) is 11.5. The highest BCUT2D eigenvalue weighted by molar-refractivity contribution is 7.98. The SMILES string of the molecule is Cn1nnc(CSCOC(=O)c2cccnc2)n1. The quantitative estimate of drug-likeness (QED) is 0.446. The zero-order valence-electron chi connectivity index (χ0n) is 9.68. The summed E-state index contributed by atoms with van der Waals surface area (Å²) >= 11 is 1.40. The average molecular weight is 265 g/mol. The molecule has 0 atom stereocenters. The molecule has 7 nitrogen and oxygen atoms in total. The predicted octanol–water partition coefficient (Wildman–Crippen LogP) is 0.653. The van der Waals surface area contributed by atoms with Gasteiger partial charge in [-0.05, 0) is 17.3 Å². The highest BCUT2D eigenvalue weighted by Crippen LogP contribution is 2.09. The van der Waals surface area contributed by atoms with E-state index in [2.05, 4.69) is 20.4 Å². The summed E-state index contributed by atoms with van der Waals surface area (Å²) in [6, 6.07) is 3.34.